The fraction of sp³-hybridized carbons (Fsp3) is 0.733. The SMILES string of the molecule is Cc1sc(C2CCN(C(=O)OC(C)(C)C)CC2)nc1CO. The topological polar surface area (TPSA) is 62.7 Å². The van der Waals surface area contributed by atoms with E-state index in [9.17, 15) is 9.90 Å². The van der Waals surface area contributed by atoms with Crippen molar-refractivity contribution in [1.29, 1.82) is 0 Å². The highest BCUT2D eigenvalue weighted by Gasteiger charge is 2.29. The van der Waals surface area contributed by atoms with E-state index in [-0.39, 0.29) is 12.7 Å². The predicted octanol–water partition coefficient (Wildman–Crippen LogP) is 3.06. The molecular weight excluding hydrogens is 288 g/mol. The Kier molecular flexibility index (Phi) is 4.88. The molecule has 1 aliphatic heterocycles. The molecule has 1 N–H and O–H groups in total. The summed E-state index contributed by atoms with van der Waals surface area (Å²) in [5.74, 6) is 0.382. The quantitative estimate of drug-likeness (QED) is 0.911. The average molecular weight is 312 g/mol. The van der Waals surface area contributed by atoms with E-state index in [1.807, 2.05) is 27.7 Å². The third-order valence-corrected chi connectivity index (χ3v) is 4.73. The van der Waals surface area contributed by atoms with Crippen LogP contribution in [-0.2, 0) is 11.3 Å². The van der Waals surface area contributed by atoms with Gasteiger partial charge in [0.15, 0.2) is 0 Å². The smallest absolute Gasteiger partial charge is 0.410 e. The summed E-state index contributed by atoms with van der Waals surface area (Å²) < 4.78 is 5.40. The molecule has 2 rings (SSSR count). The normalized spacial score (nSPS) is 17.1. The summed E-state index contributed by atoms with van der Waals surface area (Å²) in [6.07, 6.45) is 1.57. The molecule has 0 atom stereocenters. The second-order valence-electron chi connectivity index (χ2n) is 6.45. The molecule has 1 fully saturated rings. The molecule has 1 aliphatic rings. The lowest BCUT2D eigenvalue weighted by Gasteiger charge is -2.32. The van der Waals surface area contributed by atoms with Gasteiger partial charge in [0.05, 0.1) is 17.3 Å². The number of hydrogen-bond donors (Lipinski definition) is 1. The molecular formula is C15H24N2O3S. The maximum absolute atomic E-state index is 12.0. The minimum Gasteiger partial charge on any atom is -0.444 e. The first-order valence-corrected chi connectivity index (χ1v) is 8.17. The van der Waals surface area contributed by atoms with E-state index >= 15 is 0 Å². The lowest BCUT2D eigenvalue weighted by Crippen LogP contribution is -2.41. The molecule has 1 amide bonds. The number of nitrogens with zero attached hydrogens (tertiary/aromatic N) is 2. The van der Waals surface area contributed by atoms with Crippen LogP contribution in [-0.4, -0.2) is 39.8 Å². The third-order valence-electron chi connectivity index (χ3n) is 3.55. The molecule has 0 spiro atoms. The molecule has 21 heavy (non-hydrogen) atoms. The number of carbonyl (C=O) groups excluding carboxylic acids is 1. The second kappa shape index (κ2) is 6.32. The van der Waals surface area contributed by atoms with Crippen LogP contribution in [0.25, 0.3) is 0 Å². The summed E-state index contributed by atoms with van der Waals surface area (Å²) >= 11 is 1.66. The van der Waals surface area contributed by atoms with Crippen molar-refractivity contribution in [2.75, 3.05) is 13.1 Å². The van der Waals surface area contributed by atoms with Crippen molar-refractivity contribution in [3.63, 3.8) is 0 Å². The zero-order valence-electron chi connectivity index (χ0n) is 13.2. The van der Waals surface area contributed by atoms with Gasteiger partial charge < -0.3 is 14.7 Å². The summed E-state index contributed by atoms with van der Waals surface area (Å²) in [4.78, 5) is 19.4. The number of ether oxygens (including phenoxy) is 1. The summed E-state index contributed by atoms with van der Waals surface area (Å²) in [6, 6.07) is 0. The van der Waals surface area contributed by atoms with Gasteiger partial charge in [0, 0.05) is 23.9 Å². The molecule has 0 aliphatic carbocycles. The van der Waals surface area contributed by atoms with E-state index in [0.29, 0.717) is 19.0 Å². The number of aliphatic hydroxyl groups is 1. The third kappa shape index (κ3) is 4.17. The van der Waals surface area contributed by atoms with Gasteiger partial charge in [0.2, 0.25) is 0 Å². The maximum Gasteiger partial charge on any atom is 0.410 e. The van der Waals surface area contributed by atoms with E-state index in [1.54, 1.807) is 16.2 Å². The Morgan fingerprint density at radius 3 is 2.52 bits per heavy atom. The number of likely N-dealkylation sites (tertiary alicyclic amines) is 1. The van der Waals surface area contributed by atoms with Gasteiger partial charge in [-0.3, -0.25) is 0 Å². The monoisotopic (exact) mass is 312 g/mol. The van der Waals surface area contributed by atoms with Crippen molar-refractivity contribution in [1.82, 2.24) is 9.88 Å². The van der Waals surface area contributed by atoms with E-state index in [4.69, 9.17) is 4.74 Å². The zero-order valence-corrected chi connectivity index (χ0v) is 14.0. The number of hydrogen-bond acceptors (Lipinski definition) is 5. The fourth-order valence-corrected chi connectivity index (χ4v) is 3.51. The van der Waals surface area contributed by atoms with Crippen LogP contribution in [0.15, 0.2) is 0 Å². The van der Waals surface area contributed by atoms with Crippen molar-refractivity contribution in [3.05, 3.63) is 15.6 Å². The lowest BCUT2D eigenvalue weighted by atomic mass is 9.98. The van der Waals surface area contributed by atoms with Gasteiger partial charge in [-0.2, -0.15) is 0 Å². The number of aliphatic hydroxyl groups excluding tert-OH is 1. The highest BCUT2D eigenvalue weighted by atomic mass is 32.1. The highest BCUT2D eigenvalue weighted by Crippen LogP contribution is 2.32. The van der Waals surface area contributed by atoms with Gasteiger partial charge in [0.1, 0.15) is 5.60 Å². The largest absolute Gasteiger partial charge is 0.444 e. The number of piperidine rings is 1. The van der Waals surface area contributed by atoms with E-state index < -0.39 is 5.60 Å². The highest BCUT2D eigenvalue weighted by molar-refractivity contribution is 7.11. The van der Waals surface area contributed by atoms with Crippen molar-refractivity contribution >= 4 is 17.4 Å². The summed E-state index contributed by atoms with van der Waals surface area (Å²) in [6.45, 7) is 9.03. The van der Waals surface area contributed by atoms with Gasteiger partial charge in [0.25, 0.3) is 0 Å². The van der Waals surface area contributed by atoms with Crippen LogP contribution in [0.2, 0.25) is 0 Å². The Morgan fingerprint density at radius 1 is 1.43 bits per heavy atom. The van der Waals surface area contributed by atoms with E-state index in [1.165, 1.54) is 0 Å². The maximum atomic E-state index is 12.0. The number of carbonyl (C=O) groups is 1. The van der Waals surface area contributed by atoms with Gasteiger partial charge in [-0.15, -0.1) is 11.3 Å². The lowest BCUT2D eigenvalue weighted by molar-refractivity contribution is 0.0205. The molecule has 5 nitrogen and oxygen atoms in total. The molecule has 0 bridgehead atoms. The zero-order chi connectivity index (χ0) is 15.6. The van der Waals surface area contributed by atoms with Crippen LogP contribution in [0.5, 0.6) is 0 Å². The number of rotatable bonds is 2. The molecule has 118 valence electrons. The second-order valence-corrected chi connectivity index (χ2v) is 7.69. The minimum atomic E-state index is -0.448. The Bertz CT molecular complexity index is 500. The first-order valence-electron chi connectivity index (χ1n) is 7.35. The number of aryl methyl sites for hydroxylation is 1. The number of aromatic nitrogens is 1. The predicted molar refractivity (Wildman–Crippen MR) is 82.6 cm³/mol. The first-order chi connectivity index (χ1) is 9.80. The summed E-state index contributed by atoms with van der Waals surface area (Å²) in [5, 5.41) is 10.3. The van der Waals surface area contributed by atoms with Crippen molar-refractivity contribution in [2.45, 2.75) is 58.7 Å². The first kappa shape index (κ1) is 16.2. The van der Waals surface area contributed by atoms with E-state index in [2.05, 4.69) is 4.98 Å². The fourth-order valence-electron chi connectivity index (χ4n) is 2.41. The molecule has 2 heterocycles. The number of thiazole rings is 1. The van der Waals surface area contributed by atoms with Crippen molar-refractivity contribution in [2.24, 2.45) is 0 Å². The molecule has 1 aromatic rings. The van der Waals surface area contributed by atoms with Gasteiger partial charge in [-0.25, -0.2) is 9.78 Å². The van der Waals surface area contributed by atoms with Crippen molar-refractivity contribution in [3.8, 4) is 0 Å². The number of amides is 1. The Balaban J connectivity index is 1.92. The summed E-state index contributed by atoms with van der Waals surface area (Å²) in [5.41, 5.74) is 0.334. The van der Waals surface area contributed by atoms with Crippen LogP contribution < -0.4 is 0 Å². The molecule has 0 saturated carbocycles. The van der Waals surface area contributed by atoms with Crippen LogP contribution in [0.3, 0.4) is 0 Å². The minimum absolute atomic E-state index is 0.000906. The van der Waals surface area contributed by atoms with Crippen LogP contribution in [0, 0.1) is 6.92 Å². The van der Waals surface area contributed by atoms with Crippen LogP contribution in [0.4, 0.5) is 4.79 Å². The van der Waals surface area contributed by atoms with Crippen LogP contribution in [0.1, 0.15) is 55.1 Å². The van der Waals surface area contributed by atoms with E-state index in [0.717, 1.165) is 28.4 Å². The van der Waals surface area contributed by atoms with Gasteiger partial charge in [-0.05, 0) is 40.5 Å². The van der Waals surface area contributed by atoms with Crippen LogP contribution >= 0.6 is 11.3 Å². The van der Waals surface area contributed by atoms with Gasteiger partial charge >= 0.3 is 6.09 Å². The molecule has 0 aromatic carbocycles. The standard InChI is InChI=1S/C15H24N2O3S/c1-10-12(9-18)16-13(21-10)11-5-7-17(8-6-11)14(19)20-15(2,3)4/h11,18H,5-9H2,1-4H3. The molecule has 0 radical (unpaired) electrons. The molecule has 1 aromatic heterocycles. The van der Waals surface area contributed by atoms with Gasteiger partial charge in [-0.1, -0.05) is 0 Å². The Morgan fingerprint density at radius 2 is 2.05 bits per heavy atom. The molecule has 6 heteroatoms. The molecule has 0 unspecified atom stereocenters. The Hall–Kier alpha value is -1.14. The Labute approximate surface area is 129 Å². The molecule has 1 saturated heterocycles. The van der Waals surface area contributed by atoms with Crippen molar-refractivity contribution < 1.29 is 14.6 Å². The average Bonchev–Trinajstić information content (AvgIpc) is 2.78. The summed E-state index contributed by atoms with van der Waals surface area (Å²) in [7, 11) is 0.